The Morgan fingerprint density at radius 3 is 3.00 bits per heavy atom. The van der Waals surface area contributed by atoms with Crippen LogP contribution < -0.4 is 0 Å². The number of hydrogen-bond acceptors (Lipinski definition) is 3. The third-order valence-electron chi connectivity index (χ3n) is 3.49. The maximum absolute atomic E-state index is 9.77. The molecule has 0 radical (unpaired) electrons. The first kappa shape index (κ1) is 12.1. The minimum Gasteiger partial charge on any atom is -0.393 e. The van der Waals surface area contributed by atoms with E-state index in [4.69, 9.17) is 0 Å². The van der Waals surface area contributed by atoms with Gasteiger partial charge >= 0.3 is 0 Å². The fourth-order valence-electron chi connectivity index (χ4n) is 2.48. The first-order valence-electron chi connectivity index (χ1n) is 6.14. The zero-order chi connectivity index (χ0) is 11.4. The molecule has 2 rings (SSSR count). The van der Waals surface area contributed by atoms with Crippen LogP contribution in [-0.2, 0) is 6.42 Å². The van der Waals surface area contributed by atoms with E-state index in [0.29, 0.717) is 5.92 Å². The molecule has 16 heavy (non-hydrogen) atoms. The molecule has 1 N–H and O–H groups in total. The highest BCUT2D eigenvalue weighted by Crippen LogP contribution is 2.26. The summed E-state index contributed by atoms with van der Waals surface area (Å²) in [6, 6.07) is 4.31. The third kappa shape index (κ3) is 3.30. The van der Waals surface area contributed by atoms with Crippen molar-refractivity contribution in [3.63, 3.8) is 0 Å². The summed E-state index contributed by atoms with van der Waals surface area (Å²) in [5.41, 5.74) is 0. The lowest BCUT2D eigenvalue weighted by Crippen LogP contribution is -2.31. The smallest absolute Gasteiger partial charge is 0.0580 e. The molecular weight excluding hydrogens is 218 g/mol. The molecule has 0 bridgehead atoms. The molecule has 0 saturated heterocycles. The highest BCUT2D eigenvalue weighted by atomic mass is 32.1. The van der Waals surface area contributed by atoms with Gasteiger partial charge in [-0.25, -0.2) is 0 Å². The molecule has 1 fully saturated rings. The summed E-state index contributed by atoms with van der Waals surface area (Å²) >= 11 is 1.83. The van der Waals surface area contributed by atoms with Gasteiger partial charge in [-0.3, -0.25) is 0 Å². The number of aliphatic hydroxyl groups is 1. The first-order valence-corrected chi connectivity index (χ1v) is 7.02. The molecule has 0 spiro atoms. The van der Waals surface area contributed by atoms with E-state index < -0.39 is 0 Å². The molecule has 1 aromatic rings. The van der Waals surface area contributed by atoms with Crippen LogP contribution in [0.3, 0.4) is 0 Å². The predicted octanol–water partition coefficient (Wildman–Crippen LogP) is 2.38. The van der Waals surface area contributed by atoms with Gasteiger partial charge in [-0.15, -0.1) is 11.3 Å². The van der Waals surface area contributed by atoms with E-state index in [0.717, 1.165) is 25.9 Å². The molecule has 2 atom stereocenters. The molecule has 0 amide bonds. The zero-order valence-corrected chi connectivity index (χ0v) is 10.7. The molecule has 1 saturated carbocycles. The minimum absolute atomic E-state index is 0.0517. The Morgan fingerprint density at radius 2 is 2.38 bits per heavy atom. The van der Waals surface area contributed by atoms with Gasteiger partial charge in [0.2, 0.25) is 0 Å². The van der Waals surface area contributed by atoms with Gasteiger partial charge in [-0.2, -0.15) is 0 Å². The summed E-state index contributed by atoms with van der Waals surface area (Å²) in [5, 5.41) is 11.9. The van der Waals surface area contributed by atoms with Gasteiger partial charge in [0.25, 0.3) is 0 Å². The summed E-state index contributed by atoms with van der Waals surface area (Å²) in [4.78, 5) is 3.82. The normalized spacial score (nSPS) is 25.4. The fraction of sp³-hybridized carbons (Fsp3) is 0.692. The molecule has 1 aromatic heterocycles. The molecule has 2 nitrogen and oxygen atoms in total. The van der Waals surface area contributed by atoms with Crippen molar-refractivity contribution in [1.29, 1.82) is 0 Å². The lowest BCUT2D eigenvalue weighted by Gasteiger charge is -2.22. The van der Waals surface area contributed by atoms with Crippen molar-refractivity contribution in [3.05, 3.63) is 22.4 Å². The molecule has 0 aliphatic heterocycles. The number of rotatable bonds is 5. The maximum atomic E-state index is 9.77. The summed E-state index contributed by atoms with van der Waals surface area (Å²) in [6.45, 7) is 2.15. The SMILES string of the molecule is CN(CCc1cccs1)CC1CCCC1O. The molecule has 2 unspecified atom stereocenters. The summed E-state index contributed by atoms with van der Waals surface area (Å²) in [7, 11) is 2.17. The summed E-state index contributed by atoms with van der Waals surface area (Å²) in [5.74, 6) is 0.508. The van der Waals surface area contributed by atoms with Gasteiger partial charge in [0, 0.05) is 18.0 Å². The van der Waals surface area contributed by atoms with Crippen LogP contribution in [0.2, 0.25) is 0 Å². The van der Waals surface area contributed by atoms with Crippen LogP contribution in [0.25, 0.3) is 0 Å². The standard InChI is InChI=1S/C13H21NOS/c1-14(8-7-12-5-3-9-16-12)10-11-4-2-6-13(11)15/h3,5,9,11,13,15H,2,4,6-8,10H2,1H3. The zero-order valence-electron chi connectivity index (χ0n) is 9.93. The van der Waals surface area contributed by atoms with E-state index in [9.17, 15) is 5.11 Å². The molecule has 1 aliphatic rings. The van der Waals surface area contributed by atoms with Gasteiger partial charge in [0.05, 0.1) is 6.10 Å². The quantitative estimate of drug-likeness (QED) is 0.853. The second-order valence-corrected chi connectivity index (χ2v) is 5.88. The number of thiophene rings is 1. The van der Waals surface area contributed by atoms with E-state index in [-0.39, 0.29) is 6.10 Å². The van der Waals surface area contributed by atoms with Crippen molar-refractivity contribution in [3.8, 4) is 0 Å². The second kappa shape index (κ2) is 5.80. The fourth-order valence-corrected chi connectivity index (χ4v) is 3.18. The Bertz CT molecular complexity index is 299. The van der Waals surface area contributed by atoms with Crippen LogP contribution in [0, 0.1) is 5.92 Å². The van der Waals surface area contributed by atoms with E-state index in [1.54, 1.807) is 0 Å². The largest absolute Gasteiger partial charge is 0.393 e. The molecular formula is C13H21NOS. The molecule has 1 heterocycles. The van der Waals surface area contributed by atoms with E-state index >= 15 is 0 Å². The lowest BCUT2D eigenvalue weighted by atomic mass is 10.1. The minimum atomic E-state index is -0.0517. The highest BCUT2D eigenvalue weighted by Gasteiger charge is 2.25. The highest BCUT2D eigenvalue weighted by molar-refractivity contribution is 7.09. The number of likely N-dealkylation sites (N-methyl/N-ethyl adjacent to an activating group) is 1. The van der Waals surface area contributed by atoms with Crippen molar-refractivity contribution < 1.29 is 5.11 Å². The number of hydrogen-bond donors (Lipinski definition) is 1. The topological polar surface area (TPSA) is 23.5 Å². The Morgan fingerprint density at radius 1 is 1.50 bits per heavy atom. The average molecular weight is 239 g/mol. The Hall–Kier alpha value is -0.380. The predicted molar refractivity (Wildman–Crippen MR) is 68.9 cm³/mol. The van der Waals surface area contributed by atoms with Crippen molar-refractivity contribution >= 4 is 11.3 Å². The van der Waals surface area contributed by atoms with E-state index in [1.807, 2.05) is 11.3 Å². The molecule has 90 valence electrons. The first-order chi connectivity index (χ1) is 7.75. The summed E-state index contributed by atoms with van der Waals surface area (Å²) in [6.07, 6.45) is 4.49. The second-order valence-electron chi connectivity index (χ2n) is 4.85. The van der Waals surface area contributed by atoms with Crippen LogP contribution in [0.5, 0.6) is 0 Å². The van der Waals surface area contributed by atoms with Gasteiger partial charge in [0.15, 0.2) is 0 Å². The summed E-state index contributed by atoms with van der Waals surface area (Å²) < 4.78 is 0. The Labute approximate surface area is 102 Å². The molecule has 3 heteroatoms. The third-order valence-corrected chi connectivity index (χ3v) is 4.42. The van der Waals surface area contributed by atoms with Crippen molar-refractivity contribution in [1.82, 2.24) is 4.90 Å². The van der Waals surface area contributed by atoms with Crippen molar-refractivity contribution in [2.75, 3.05) is 20.1 Å². The number of aliphatic hydroxyl groups excluding tert-OH is 1. The Balaban J connectivity index is 1.70. The average Bonchev–Trinajstić information content (AvgIpc) is 2.88. The van der Waals surface area contributed by atoms with Crippen molar-refractivity contribution in [2.24, 2.45) is 5.92 Å². The van der Waals surface area contributed by atoms with Crippen molar-refractivity contribution in [2.45, 2.75) is 31.8 Å². The number of nitrogens with zero attached hydrogens (tertiary/aromatic N) is 1. The van der Waals surface area contributed by atoms with E-state index in [1.165, 1.54) is 17.7 Å². The van der Waals surface area contributed by atoms with Gasteiger partial charge in [0.1, 0.15) is 0 Å². The van der Waals surface area contributed by atoms with Gasteiger partial charge < -0.3 is 10.0 Å². The van der Waals surface area contributed by atoms with Crippen LogP contribution in [0.4, 0.5) is 0 Å². The van der Waals surface area contributed by atoms with Gasteiger partial charge in [-0.1, -0.05) is 12.5 Å². The Kier molecular flexibility index (Phi) is 4.38. The lowest BCUT2D eigenvalue weighted by molar-refractivity contribution is 0.110. The monoisotopic (exact) mass is 239 g/mol. The molecule has 1 aliphatic carbocycles. The van der Waals surface area contributed by atoms with Crippen LogP contribution in [0.1, 0.15) is 24.1 Å². The van der Waals surface area contributed by atoms with Crippen LogP contribution in [-0.4, -0.2) is 36.2 Å². The molecule has 0 aromatic carbocycles. The van der Waals surface area contributed by atoms with Crippen LogP contribution in [0.15, 0.2) is 17.5 Å². The maximum Gasteiger partial charge on any atom is 0.0580 e. The van der Waals surface area contributed by atoms with Crippen LogP contribution >= 0.6 is 11.3 Å². The van der Waals surface area contributed by atoms with E-state index in [2.05, 4.69) is 29.5 Å². The van der Waals surface area contributed by atoms with Gasteiger partial charge in [-0.05, 0) is 43.7 Å².